The summed E-state index contributed by atoms with van der Waals surface area (Å²) in [5, 5.41) is 0. The van der Waals surface area contributed by atoms with Gasteiger partial charge in [0.1, 0.15) is 13.2 Å². The van der Waals surface area contributed by atoms with Crippen molar-refractivity contribution in [2.45, 2.75) is 32.7 Å². The number of ether oxygens (including phenoxy) is 2. The lowest BCUT2D eigenvalue weighted by Gasteiger charge is -2.27. The molecule has 4 rings (SSSR count). The quantitative estimate of drug-likeness (QED) is 0.817. The first kappa shape index (κ1) is 18.3. The molecule has 2 aromatic rings. The van der Waals surface area contributed by atoms with Crippen molar-refractivity contribution >= 4 is 23.2 Å². The van der Waals surface area contributed by atoms with Crippen molar-refractivity contribution in [3.05, 3.63) is 48.0 Å². The minimum absolute atomic E-state index is 0.0289. The number of benzene rings is 2. The fourth-order valence-electron chi connectivity index (χ4n) is 3.94. The second kappa shape index (κ2) is 7.54. The first-order valence-electron chi connectivity index (χ1n) is 9.62. The highest BCUT2D eigenvalue weighted by molar-refractivity contribution is 5.98. The molecule has 28 heavy (non-hydrogen) atoms. The molecule has 0 radical (unpaired) electrons. The molecule has 0 aliphatic carbocycles. The van der Waals surface area contributed by atoms with Crippen LogP contribution in [-0.4, -0.2) is 37.6 Å². The Hall–Kier alpha value is -3.02. The second-order valence-electron chi connectivity index (χ2n) is 7.19. The average Bonchev–Trinajstić information content (AvgIpc) is 3.03. The minimum Gasteiger partial charge on any atom is -0.486 e. The van der Waals surface area contributed by atoms with Crippen molar-refractivity contribution in [3.8, 4) is 11.5 Å². The molecular weight excluding hydrogens is 356 g/mol. The van der Waals surface area contributed by atoms with Crippen LogP contribution in [0.15, 0.2) is 42.5 Å². The standard InChI is InChI=1S/C22H24N2O4/c1-15-13-17-5-3-4-6-19(17)24(15)22(26)9-10-23(16(2)25)18-7-8-20-21(14-18)28-12-11-27-20/h3-8,14-15H,9-13H2,1-2H3. The SMILES string of the molecule is CC(=O)N(CCC(=O)N1c2ccccc2CC1C)c1ccc2c(c1)OCCO2. The molecule has 0 saturated heterocycles. The van der Waals surface area contributed by atoms with Crippen molar-refractivity contribution < 1.29 is 19.1 Å². The van der Waals surface area contributed by atoms with E-state index in [4.69, 9.17) is 9.47 Å². The van der Waals surface area contributed by atoms with Gasteiger partial charge in [-0.2, -0.15) is 0 Å². The van der Waals surface area contributed by atoms with Crippen molar-refractivity contribution in [1.29, 1.82) is 0 Å². The molecule has 1 unspecified atom stereocenters. The van der Waals surface area contributed by atoms with Gasteiger partial charge in [-0.25, -0.2) is 0 Å². The van der Waals surface area contributed by atoms with E-state index in [-0.39, 0.29) is 24.3 Å². The van der Waals surface area contributed by atoms with Gasteiger partial charge in [0.15, 0.2) is 11.5 Å². The van der Waals surface area contributed by atoms with E-state index in [9.17, 15) is 9.59 Å². The van der Waals surface area contributed by atoms with Crippen LogP contribution in [-0.2, 0) is 16.0 Å². The molecule has 2 amide bonds. The van der Waals surface area contributed by atoms with Gasteiger partial charge in [0.2, 0.25) is 11.8 Å². The summed E-state index contributed by atoms with van der Waals surface area (Å²) in [5.74, 6) is 1.22. The third kappa shape index (κ3) is 3.42. The lowest BCUT2D eigenvalue weighted by Crippen LogP contribution is -2.39. The number of rotatable bonds is 4. The summed E-state index contributed by atoms with van der Waals surface area (Å²) in [6.45, 7) is 4.89. The highest BCUT2D eigenvalue weighted by Crippen LogP contribution is 2.35. The maximum Gasteiger partial charge on any atom is 0.229 e. The van der Waals surface area contributed by atoms with Crippen molar-refractivity contribution in [2.75, 3.05) is 29.6 Å². The van der Waals surface area contributed by atoms with E-state index in [0.717, 1.165) is 12.1 Å². The molecule has 2 aromatic carbocycles. The summed E-state index contributed by atoms with van der Waals surface area (Å²) in [4.78, 5) is 28.7. The second-order valence-corrected chi connectivity index (χ2v) is 7.19. The van der Waals surface area contributed by atoms with Crippen LogP contribution in [0.2, 0.25) is 0 Å². The van der Waals surface area contributed by atoms with Gasteiger partial charge in [0.05, 0.1) is 0 Å². The monoisotopic (exact) mass is 380 g/mol. The van der Waals surface area contributed by atoms with E-state index >= 15 is 0 Å². The number of nitrogens with zero attached hydrogens (tertiary/aromatic N) is 2. The molecule has 2 aliphatic heterocycles. The third-order valence-corrected chi connectivity index (χ3v) is 5.24. The Morgan fingerprint density at radius 3 is 2.64 bits per heavy atom. The lowest BCUT2D eigenvalue weighted by molar-refractivity contribution is -0.119. The van der Waals surface area contributed by atoms with Gasteiger partial charge in [-0.3, -0.25) is 9.59 Å². The van der Waals surface area contributed by atoms with Gasteiger partial charge < -0.3 is 19.3 Å². The zero-order chi connectivity index (χ0) is 19.7. The van der Waals surface area contributed by atoms with E-state index in [1.165, 1.54) is 12.5 Å². The lowest BCUT2D eigenvalue weighted by atomic mass is 10.1. The molecule has 2 heterocycles. The number of hydrogen-bond acceptors (Lipinski definition) is 4. The number of carbonyl (C=O) groups is 2. The minimum atomic E-state index is -0.112. The van der Waals surface area contributed by atoms with E-state index in [2.05, 4.69) is 13.0 Å². The van der Waals surface area contributed by atoms with Gasteiger partial charge in [-0.15, -0.1) is 0 Å². The van der Waals surface area contributed by atoms with Gasteiger partial charge in [-0.1, -0.05) is 18.2 Å². The Kier molecular flexibility index (Phi) is 4.94. The van der Waals surface area contributed by atoms with E-state index < -0.39 is 0 Å². The molecule has 2 aliphatic rings. The Balaban J connectivity index is 1.49. The van der Waals surface area contributed by atoms with Crippen LogP contribution in [0.25, 0.3) is 0 Å². The molecule has 0 bridgehead atoms. The normalized spacial score (nSPS) is 17.2. The van der Waals surface area contributed by atoms with E-state index in [1.807, 2.05) is 29.2 Å². The third-order valence-electron chi connectivity index (χ3n) is 5.24. The molecular formula is C22H24N2O4. The van der Waals surface area contributed by atoms with E-state index in [1.54, 1.807) is 17.0 Å². The summed E-state index contributed by atoms with van der Waals surface area (Å²) in [6.07, 6.45) is 1.12. The Bertz CT molecular complexity index is 911. The maximum atomic E-state index is 13.0. The van der Waals surface area contributed by atoms with Crippen LogP contribution in [0.4, 0.5) is 11.4 Å². The average molecular weight is 380 g/mol. The molecule has 146 valence electrons. The summed E-state index contributed by atoms with van der Waals surface area (Å²) < 4.78 is 11.2. The van der Waals surface area contributed by atoms with Crippen molar-refractivity contribution in [2.24, 2.45) is 0 Å². The first-order chi connectivity index (χ1) is 13.5. The highest BCUT2D eigenvalue weighted by Gasteiger charge is 2.30. The van der Waals surface area contributed by atoms with Gasteiger partial charge in [0.25, 0.3) is 0 Å². The van der Waals surface area contributed by atoms with Crippen LogP contribution in [0, 0.1) is 0 Å². The summed E-state index contributed by atoms with van der Waals surface area (Å²) >= 11 is 0. The van der Waals surface area contributed by atoms with Crippen LogP contribution < -0.4 is 19.3 Å². The van der Waals surface area contributed by atoms with Crippen LogP contribution >= 0.6 is 0 Å². The molecule has 0 saturated carbocycles. The number of amides is 2. The number of hydrogen-bond donors (Lipinski definition) is 0. The predicted octanol–water partition coefficient (Wildman–Crippen LogP) is 3.18. The van der Waals surface area contributed by atoms with Gasteiger partial charge in [0, 0.05) is 43.4 Å². The number of para-hydroxylation sites is 1. The molecule has 6 heteroatoms. The topological polar surface area (TPSA) is 59.1 Å². The predicted molar refractivity (Wildman–Crippen MR) is 107 cm³/mol. The number of anilines is 2. The van der Waals surface area contributed by atoms with Gasteiger partial charge >= 0.3 is 0 Å². The summed E-state index contributed by atoms with van der Waals surface area (Å²) in [5.41, 5.74) is 2.88. The van der Waals surface area contributed by atoms with Gasteiger partial charge in [-0.05, 0) is 37.1 Å². The van der Waals surface area contributed by atoms with Crippen LogP contribution in [0.5, 0.6) is 11.5 Å². The molecule has 0 aromatic heterocycles. The molecule has 1 atom stereocenters. The first-order valence-corrected chi connectivity index (χ1v) is 9.62. The zero-order valence-corrected chi connectivity index (χ0v) is 16.2. The smallest absolute Gasteiger partial charge is 0.229 e. The van der Waals surface area contributed by atoms with Crippen molar-refractivity contribution in [1.82, 2.24) is 0 Å². The van der Waals surface area contributed by atoms with Crippen LogP contribution in [0.1, 0.15) is 25.8 Å². The largest absolute Gasteiger partial charge is 0.486 e. The Morgan fingerprint density at radius 1 is 1.11 bits per heavy atom. The van der Waals surface area contributed by atoms with Crippen molar-refractivity contribution in [3.63, 3.8) is 0 Å². The summed E-state index contributed by atoms with van der Waals surface area (Å²) in [6, 6.07) is 13.6. The maximum absolute atomic E-state index is 13.0. The molecule has 0 N–H and O–H groups in total. The van der Waals surface area contributed by atoms with Crippen LogP contribution in [0.3, 0.4) is 0 Å². The molecule has 0 fully saturated rings. The zero-order valence-electron chi connectivity index (χ0n) is 16.2. The molecule has 6 nitrogen and oxygen atoms in total. The number of fused-ring (bicyclic) bond motifs is 2. The molecule has 0 spiro atoms. The highest BCUT2D eigenvalue weighted by atomic mass is 16.6. The number of carbonyl (C=O) groups excluding carboxylic acids is 2. The summed E-state index contributed by atoms with van der Waals surface area (Å²) in [7, 11) is 0. The van der Waals surface area contributed by atoms with E-state index in [0.29, 0.717) is 36.9 Å². The Labute approximate surface area is 164 Å². The fourth-order valence-corrected chi connectivity index (χ4v) is 3.94. The Morgan fingerprint density at radius 2 is 1.86 bits per heavy atom. The fraction of sp³-hybridized carbons (Fsp3) is 0.364.